The predicted octanol–water partition coefficient (Wildman–Crippen LogP) is -0.423. The average molecular weight is 1300 g/mol. The highest BCUT2D eigenvalue weighted by molar-refractivity contribution is 8.00. The number of nitrogens with zero attached hydrogens (tertiary/aromatic N) is 4. The first kappa shape index (κ1) is 72.2. The molecule has 31 heteroatoms. The second-order valence-corrected chi connectivity index (χ2v) is 25.4. The highest BCUT2D eigenvalue weighted by atomic mass is 32.2. The number of phenols is 1. The van der Waals surface area contributed by atoms with Gasteiger partial charge in [-0.15, -0.1) is 11.8 Å². The summed E-state index contributed by atoms with van der Waals surface area (Å²) in [7, 11) is 0. The minimum Gasteiger partial charge on any atom is -0.508 e. The number of hydrogen-bond acceptors (Lipinski definition) is 17. The zero-order valence-electron chi connectivity index (χ0n) is 52.7. The number of ketones is 1. The summed E-state index contributed by atoms with van der Waals surface area (Å²) in [5.41, 5.74) is 6.77. The van der Waals surface area contributed by atoms with Gasteiger partial charge >= 0.3 is 5.97 Å². The Balaban J connectivity index is 1.12. The molecule has 10 atom stereocenters. The third kappa shape index (κ3) is 21.1. The van der Waals surface area contributed by atoms with Crippen molar-refractivity contribution in [3.05, 3.63) is 66.3 Å². The van der Waals surface area contributed by atoms with Crippen molar-refractivity contribution in [3.63, 3.8) is 0 Å². The molecule has 3 aliphatic rings. The molecule has 2 aromatic heterocycles. The van der Waals surface area contributed by atoms with Crippen LogP contribution in [0.15, 0.2) is 49.3 Å². The number of H-pyrrole nitrogens is 2. The van der Waals surface area contributed by atoms with Crippen molar-refractivity contribution < 1.29 is 67.7 Å². The molecule has 3 aromatic rings. The number of aromatic amines is 2. The molecule has 92 heavy (non-hydrogen) atoms. The molecule has 502 valence electrons. The summed E-state index contributed by atoms with van der Waals surface area (Å²) in [6.07, 6.45) is 8.68. The van der Waals surface area contributed by atoms with E-state index in [1.807, 2.05) is 13.8 Å². The summed E-state index contributed by atoms with van der Waals surface area (Å²) in [5.74, 6) is -9.29. The second-order valence-electron chi connectivity index (χ2n) is 24.2. The molecule has 3 fully saturated rings. The van der Waals surface area contributed by atoms with Gasteiger partial charge in [-0.25, -0.2) is 14.8 Å². The van der Waals surface area contributed by atoms with E-state index in [2.05, 4.69) is 62.5 Å². The summed E-state index contributed by atoms with van der Waals surface area (Å²) in [6, 6.07) is -4.82. The summed E-state index contributed by atoms with van der Waals surface area (Å²) < 4.78 is 0. The van der Waals surface area contributed by atoms with E-state index in [4.69, 9.17) is 11.1 Å². The molecule has 30 nitrogen and oxygen atoms in total. The number of phenolic OH excluding ortho intramolecular Hbond substituents is 1. The lowest BCUT2D eigenvalue weighted by molar-refractivity contribution is -0.143. The number of carbonyl (C=O) groups is 12. The Bertz CT molecular complexity index is 3090. The number of imide groups is 1. The first-order valence-corrected chi connectivity index (χ1v) is 32.2. The maximum absolute atomic E-state index is 14.9. The molecule has 6 rings (SSSR count). The zero-order valence-corrected chi connectivity index (χ0v) is 53.5. The van der Waals surface area contributed by atoms with E-state index in [0.717, 1.165) is 11.8 Å². The topological polar surface area (TPSA) is 455 Å². The minimum atomic E-state index is -1.42. The fourth-order valence-corrected chi connectivity index (χ4v) is 12.6. The summed E-state index contributed by atoms with van der Waals surface area (Å²) in [6.45, 7) is 10.2. The molecule has 2 saturated heterocycles. The number of rotatable bonds is 34. The number of guanidine groups is 1. The fourth-order valence-electron chi connectivity index (χ4n) is 11.4. The number of carboxylic acid groups (broad SMARTS) is 1. The molecule has 1 saturated carbocycles. The molecule has 10 amide bonds. The highest BCUT2D eigenvalue weighted by Crippen LogP contribution is 2.34. The van der Waals surface area contributed by atoms with Gasteiger partial charge < -0.3 is 73.3 Å². The molecular formula is C61H88N16O14S. The SMILES string of the molecule is CC[C@H](C)C(NC(=O)[C@@H](C)NC(=O)[C@H](Cc1cnc[nH]1)NC(=O)[C@@H](CSC1CC(=O)N(CC2CCC(C(=O)C(C)C)CC2)C1=O)NC(C)=O)C(=O)N[C@@H](Cc1ccc(O)cc1)C(=O)N1CCC[C@H]1C(=O)N[C@@H](CCCNC(=N)N)C(=O)N[C@@H](Cc1cnc[nH]1)C(=O)O. The fraction of sp³-hybridized carbons (Fsp3) is 0.590. The minimum absolute atomic E-state index is 0.0363. The zero-order chi connectivity index (χ0) is 67.3. The number of aromatic hydroxyl groups is 1. The van der Waals surface area contributed by atoms with Crippen molar-refractivity contribution >= 4 is 88.5 Å². The van der Waals surface area contributed by atoms with E-state index in [1.54, 1.807) is 26.0 Å². The third-order valence-corrected chi connectivity index (χ3v) is 18.1. The summed E-state index contributed by atoms with van der Waals surface area (Å²) in [4.78, 5) is 181. The van der Waals surface area contributed by atoms with Gasteiger partial charge in [-0.1, -0.05) is 46.2 Å². The summed E-state index contributed by atoms with van der Waals surface area (Å²) >= 11 is 1.02. The lowest BCUT2D eigenvalue weighted by Crippen LogP contribution is -2.61. The van der Waals surface area contributed by atoms with Gasteiger partial charge in [0, 0.05) is 93.6 Å². The normalized spacial score (nSPS) is 19.9. The Morgan fingerprint density at radius 1 is 0.739 bits per heavy atom. The molecule has 0 spiro atoms. The van der Waals surface area contributed by atoms with Crippen LogP contribution >= 0.6 is 11.8 Å². The third-order valence-electron chi connectivity index (χ3n) is 16.8. The van der Waals surface area contributed by atoms with E-state index in [0.29, 0.717) is 55.5 Å². The standard InChI is InChI=1S/C61H88N16O14S/c1-7-33(4)50(57(87)73-44(22-36-14-18-41(79)19-15-36)58(88)76-21-9-11-47(76)56(86)71-42(10-8-20-66-61(62)63)53(83)74-45(60(90)91)24-40-27-65-31-68-40)75-52(82)34(5)69-54(84)43(23-39-26-64-30-67-39)72-55(85)46(70-35(6)78)29-92-48-25-49(80)77(59(48)89)28-37-12-16-38(17-13-37)51(81)32(2)3/h14-15,18-19,26-27,30-34,37-38,42-48,50,79H,7-13,16-17,20-25,28-29H2,1-6H3,(H,64,67)(H,65,68)(H,69,84)(H,70,78)(H,71,86)(H,72,85)(H,73,87)(H,74,83)(H,75,82)(H,90,91)(H4,62,63,66)/t33-,34+,37?,38?,42-,43-,44-,45-,46+,47-,48?,50?/m0/s1. The molecular weight excluding hydrogens is 1210 g/mol. The molecule has 1 aromatic carbocycles. The number of thioether (sulfide) groups is 1. The average Bonchev–Trinajstić information content (AvgIpc) is 2.02. The quantitative estimate of drug-likeness (QED) is 0.0156. The van der Waals surface area contributed by atoms with E-state index < -0.39 is 119 Å². The molecule has 1 aliphatic carbocycles. The molecule has 2 aliphatic heterocycles. The number of carbonyl (C=O) groups excluding carboxylic acids is 11. The first-order valence-electron chi connectivity index (χ1n) is 31.2. The number of Topliss-reactive ketones (excluding diaryl/α,β-unsaturated/α-hetero) is 1. The van der Waals surface area contributed by atoms with Crippen LogP contribution < -0.4 is 48.3 Å². The highest BCUT2D eigenvalue weighted by Gasteiger charge is 2.43. The number of aromatic nitrogens is 4. The molecule has 0 radical (unpaired) electrons. The Kier molecular flexibility index (Phi) is 27.1. The Morgan fingerprint density at radius 2 is 1.35 bits per heavy atom. The van der Waals surface area contributed by atoms with E-state index in [-0.39, 0.29) is 111 Å². The van der Waals surface area contributed by atoms with Crippen molar-refractivity contribution in [1.29, 1.82) is 5.41 Å². The van der Waals surface area contributed by atoms with Gasteiger partial charge in [-0.05, 0) is 87.8 Å². The lowest BCUT2D eigenvalue weighted by Gasteiger charge is -2.32. The van der Waals surface area contributed by atoms with Gasteiger partial charge in [0.25, 0.3) is 0 Å². The van der Waals surface area contributed by atoms with E-state index >= 15 is 0 Å². The van der Waals surface area contributed by atoms with Gasteiger partial charge in [0.1, 0.15) is 59.9 Å². The Hall–Kier alpha value is -8.90. The van der Waals surface area contributed by atoms with E-state index in [1.165, 1.54) is 60.8 Å². The monoisotopic (exact) mass is 1300 g/mol. The van der Waals surface area contributed by atoms with E-state index in [9.17, 15) is 67.7 Å². The van der Waals surface area contributed by atoms with Crippen LogP contribution in [0.25, 0.3) is 0 Å². The maximum atomic E-state index is 14.9. The second kappa shape index (κ2) is 34.5. The number of aliphatic carboxylic acids is 1. The molecule has 15 N–H and O–H groups in total. The Morgan fingerprint density at radius 3 is 1.93 bits per heavy atom. The van der Waals surface area contributed by atoms with Crippen LogP contribution in [-0.2, 0) is 76.8 Å². The largest absolute Gasteiger partial charge is 0.508 e. The Labute approximate surface area is 537 Å². The number of amides is 10. The number of nitrogens with one attached hydrogen (secondary N) is 11. The van der Waals surface area contributed by atoms with Crippen molar-refractivity contribution in [2.75, 3.05) is 25.4 Å². The number of nitrogens with two attached hydrogens (primary N) is 1. The van der Waals surface area contributed by atoms with Crippen LogP contribution in [0.2, 0.25) is 0 Å². The van der Waals surface area contributed by atoms with Gasteiger partial charge in [-0.3, -0.25) is 63.0 Å². The predicted molar refractivity (Wildman–Crippen MR) is 335 cm³/mol. The van der Waals surface area contributed by atoms with Gasteiger partial charge in [-0.2, -0.15) is 0 Å². The smallest absolute Gasteiger partial charge is 0.326 e. The number of carboxylic acids is 1. The molecule has 4 heterocycles. The first-order chi connectivity index (χ1) is 43.7. The number of likely N-dealkylation sites (tertiary alicyclic amines) is 2. The maximum Gasteiger partial charge on any atom is 0.326 e. The summed E-state index contributed by atoms with van der Waals surface area (Å²) in [5, 5.41) is 47.9. The van der Waals surface area contributed by atoms with Crippen LogP contribution in [-0.4, -0.2) is 196 Å². The molecule has 2 unspecified atom stereocenters. The van der Waals surface area contributed by atoms with Crippen LogP contribution in [0.3, 0.4) is 0 Å². The van der Waals surface area contributed by atoms with Crippen molar-refractivity contribution in [2.45, 2.75) is 179 Å². The number of benzene rings is 1. The van der Waals surface area contributed by atoms with Crippen molar-refractivity contribution in [1.82, 2.24) is 72.3 Å². The van der Waals surface area contributed by atoms with Crippen LogP contribution in [0.1, 0.15) is 123 Å². The van der Waals surface area contributed by atoms with Crippen LogP contribution in [0.5, 0.6) is 5.75 Å². The lowest BCUT2D eigenvalue weighted by atomic mass is 9.77. The number of hydrogen-bond donors (Lipinski definition) is 14. The van der Waals surface area contributed by atoms with Gasteiger partial charge in [0.05, 0.1) is 17.9 Å². The van der Waals surface area contributed by atoms with Crippen LogP contribution in [0.4, 0.5) is 0 Å². The van der Waals surface area contributed by atoms with Gasteiger partial charge in [0.2, 0.25) is 59.1 Å². The van der Waals surface area contributed by atoms with Crippen molar-refractivity contribution in [3.8, 4) is 5.75 Å². The molecule has 0 bridgehead atoms. The van der Waals surface area contributed by atoms with Crippen LogP contribution in [0, 0.1) is 29.1 Å². The van der Waals surface area contributed by atoms with Gasteiger partial charge in [0.15, 0.2) is 5.96 Å². The number of imidazole rings is 2. The van der Waals surface area contributed by atoms with Crippen molar-refractivity contribution in [2.24, 2.45) is 29.4 Å².